The third-order valence-corrected chi connectivity index (χ3v) is 1.58. The molecule has 1 radical (unpaired) electrons. The molecule has 0 unspecified atom stereocenters. The van der Waals surface area contributed by atoms with Crippen LogP contribution in [-0.2, 0) is 22.4 Å². The SMILES string of the molecule is CCCCC[CH-]CCCO.[Ta]. The number of aliphatic hydroxyl groups excluding tert-OH is 1. The summed E-state index contributed by atoms with van der Waals surface area (Å²) in [4.78, 5) is 0. The van der Waals surface area contributed by atoms with Gasteiger partial charge in [0.1, 0.15) is 0 Å². The van der Waals surface area contributed by atoms with Gasteiger partial charge in [-0.3, -0.25) is 0 Å². The summed E-state index contributed by atoms with van der Waals surface area (Å²) in [7, 11) is 0. The van der Waals surface area contributed by atoms with Crippen molar-refractivity contribution in [2.75, 3.05) is 6.61 Å². The summed E-state index contributed by atoms with van der Waals surface area (Å²) in [6.07, 6.45) is 9.50. The summed E-state index contributed by atoms with van der Waals surface area (Å²) in [5, 5.41) is 8.45. The second-order valence-electron chi connectivity index (χ2n) is 2.65. The molecule has 0 aliphatic heterocycles. The van der Waals surface area contributed by atoms with Gasteiger partial charge in [0.25, 0.3) is 0 Å². The Morgan fingerprint density at radius 1 is 1.09 bits per heavy atom. The van der Waals surface area contributed by atoms with Gasteiger partial charge in [-0.25, -0.2) is 0 Å². The molecule has 0 saturated heterocycles. The van der Waals surface area contributed by atoms with E-state index in [1.807, 2.05) is 0 Å². The molecule has 0 atom stereocenters. The molecule has 0 bridgehead atoms. The van der Waals surface area contributed by atoms with Crippen molar-refractivity contribution in [2.45, 2.75) is 45.4 Å². The molecule has 0 aromatic heterocycles. The Labute approximate surface area is 86.1 Å². The van der Waals surface area contributed by atoms with E-state index >= 15 is 0 Å². The zero-order valence-electron chi connectivity index (χ0n) is 7.42. The first-order valence-electron chi connectivity index (χ1n) is 4.34. The van der Waals surface area contributed by atoms with E-state index in [9.17, 15) is 0 Å². The van der Waals surface area contributed by atoms with Gasteiger partial charge in [-0.05, 0) is 0 Å². The minimum atomic E-state index is 0. The van der Waals surface area contributed by atoms with Crippen molar-refractivity contribution >= 4 is 0 Å². The van der Waals surface area contributed by atoms with Crippen molar-refractivity contribution in [3.8, 4) is 0 Å². The van der Waals surface area contributed by atoms with Gasteiger partial charge in [0.15, 0.2) is 0 Å². The summed E-state index contributed by atoms with van der Waals surface area (Å²) < 4.78 is 0. The maximum atomic E-state index is 8.45. The maximum Gasteiger partial charge on any atom is 0.0406 e. The van der Waals surface area contributed by atoms with Gasteiger partial charge in [0.2, 0.25) is 0 Å². The molecule has 11 heavy (non-hydrogen) atoms. The summed E-state index contributed by atoms with van der Waals surface area (Å²) in [5.74, 6) is 0. The number of unbranched alkanes of at least 4 members (excludes halogenated alkanes) is 6. The van der Waals surface area contributed by atoms with E-state index in [-0.39, 0.29) is 22.4 Å². The Bertz CT molecular complexity index is 49.5. The molecule has 0 heterocycles. The molecule has 0 rings (SSSR count). The Balaban J connectivity index is 0. The van der Waals surface area contributed by atoms with Crippen molar-refractivity contribution in [3.05, 3.63) is 6.42 Å². The number of hydrogen-bond donors (Lipinski definition) is 1. The smallest absolute Gasteiger partial charge is 0.0406 e. The van der Waals surface area contributed by atoms with Crippen molar-refractivity contribution in [2.24, 2.45) is 0 Å². The summed E-state index contributed by atoms with van der Waals surface area (Å²) in [6.45, 7) is 2.55. The van der Waals surface area contributed by atoms with Crippen molar-refractivity contribution in [3.63, 3.8) is 0 Å². The van der Waals surface area contributed by atoms with Gasteiger partial charge in [0, 0.05) is 29.0 Å². The van der Waals surface area contributed by atoms with E-state index in [0.29, 0.717) is 6.61 Å². The van der Waals surface area contributed by atoms with Crippen LogP contribution in [0, 0.1) is 6.42 Å². The van der Waals surface area contributed by atoms with E-state index in [4.69, 9.17) is 5.11 Å². The van der Waals surface area contributed by atoms with Crippen molar-refractivity contribution in [1.82, 2.24) is 0 Å². The molecule has 0 amide bonds. The van der Waals surface area contributed by atoms with Crippen LogP contribution in [0.3, 0.4) is 0 Å². The second-order valence-corrected chi connectivity index (χ2v) is 2.65. The minimum absolute atomic E-state index is 0. The van der Waals surface area contributed by atoms with Crippen LogP contribution in [0.4, 0.5) is 0 Å². The predicted molar refractivity (Wildman–Crippen MR) is 44.8 cm³/mol. The van der Waals surface area contributed by atoms with Gasteiger partial charge < -0.3 is 11.5 Å². The molecular weight excluding hydrogens is 305 g/mol. The normalized spacial score (nSPS) is 9.27. The van der Waals surface area contributed by atoms with Gasteiger partial charge in [-0.15, -0.1) is 0 Å². The third-order valence-electron chi connectivity index (χ3n) is 1.58. The molecule has 0 fully saturated rings. The van der Waals surface area contributed by atoms with Crippen LogP contribution in [0.5, 0.6) is 0 Å². The molecule has 1 nitrogen and oxygen atoms in total. The third kappa shape index (κ3) is 13.7. The molecule has 0 aliphatic rings. The quantitative estimate of drug-likeness (QED) is 0.564. The molecular formula is C9H19OTa-. The van der Waals surface area contributed by atoms with E-state index < -0.39 is 0 Å². The number of hydrogen-bond acceptors (Lipinski definition) is 1. The van der Waals surface area contributed by atoms with Gasteiger partial charge in [-0.1, -0.05) is 32.6 Å². The monoisotopic (exact) mass is 324 g/mol. The van der Waals surface area contributed by atoms with E-state index in [2.05, 4.69) is 13.3 Å². The van der Waals surface area contributed by atoms with Crippen molar-refractivity contribution < 1.29 is 27.5 Å². The number of rotatable bonds is 7. The molecule has 67 valence electrons. The van der Waals surface area contributed by atoms with Crippen LogP contribution in [0.2, 0.25) is 0 Å². The minimum Gasteiger partial charge on any atom is -0.396 e. The Hall–Kier alpha value is 0.700. The van der Waals surface area contributed by atoms with Crippen molar-refractivity contribution in [1.29, 1.82) is 0 Å². The van der Waals surface area contributed by atoms with Crippen LogP contribution < -0.4 is 0 Å². The standard InChI is InChI=1S/C9H19O.Ta/c1-2-3-4-5-6-7-8-9-10;/h6,10H,2-5,7-9H2,1H3;/q-1;. The van der Waals surface area contributed by atoms with Gasteiger partial charge in [0.05, 0.1) is 0 Å². The van der Waals surface area contributed by atoms with E-state index in [1.165, 1.54) is 25.7 Å². The topological polar surface area (TPSA) is 20.2 Å². The van der Waals surface area contributed by atoms with Gasteiger partial charge in [-0.2, -0.15) is 12.8 Å². The fourth-order valence-electron chi connectivity index (χ4n) is 0.919. The molecule has 0 saturated carbocycles. The molecule has 1 N–H and O–H groups in total. The zero-order chi connectivity index (χ0) is 7.66. The first kappa shape index (κ1) is 14.2. The average Bonchev–Trinajstić information content (AvgIpc) is 1.97. The summed E-state index contributed by atoms with van der Waals surface area (Å²) >= 11 is 0. The number of aliphatic hydroxyl groups is 1. The zero-order valence-corrected chi connectivity index (χ0v) is 10.6. The van der Waals surface area contributed by atoms with Crippen LogP contribution in [0.1, 0.15) is 45.4 Å². The fraction of sp³-hybridized carbons (Fsp3) is 0.889. The Kier molecular flexibility index (Phi) is 17.2. The Morgan fingerprint density at radius 3 is 2.27 bits per heavy atom. The fourth-order valence-corrected chi connectivity index (χ4v) is 0.919. The Morgan fingerprint density at radius 2 is 1.73 bits per heavy atom. The predicted octanol–water partition coefficient (Wildman–Crippen LogP) is 2.54. The van der Waals surface area contributed by atoms with Crippen LogP contribution in [0.15, 0.2) is 0 Å². The second kappa shape index (κ2) is 13.3. The van der Waals surface area contributed by atoms with Crippen LogP contribution in [-0.4, -0.2) is 11.7 Å². The largest absolute Gasteiger partial charge is 0.396 e. The first-order chi connectivity index (χ1) is 4.91. The maximum absolute atomic E-state index is 8.45. The molecule has 0 aromatic rings. The van der Waals surface area contributed by atoms with Gasteiger partial charge >= 0.3 is 0 Å². The molecule has 0 aliphatic carbocycles. The summed E-state index contributed by atoms with van der Waals surface area (Å²) in [5.41, 5.74) is 0. The average molecular weight is 324 g/mol. The van der Waals surface area contributed by atoms with Crippen LogP contribution >= 0.6 is 0 Å². The molecule has 2 heteroatoms. The first-order valence-corrected chi connectivity index (χ1v) is 4.34. The molecule has 0 spiro atoms. The summed E-state index contributed by atoms with van der Waals surface area (Å²) in [6, 6.07) is 0. The van der Waals surface area contributed by atoms with E-state index in [1.54, 1.807) is 0 Å². The molecule has 0 aromatic carbocycles. The van der Waals surface area contributed by atoms with Crippen LogP contribution in [0.25, 0.3) is 0 Å². The van der Waals surface area contributed by atoms with E-state index in [0.717, 1.165) is 12.8 Å².